The van der Waals surface area contributed by atoms with E-state index in [9.17, 15) is 18.0 Å². The Morgan fingerprint density at radius 3 is 2.47 bits per heavy atom. The highest BCUT2D eigenvalue weighted by atomic mass is 19.4. The van der Waals surface area contributed by atoms with Crippen LogP contribution in [0.3, 0.4) is 0 Å². The highest BCUT2D eigenvalue weighted by Crippen LogP contribution is 2.34. The van der Waals surface area contributed by atoms with Crippen LogP contribution >= 0.6 is 0 Å². The van der Waals surface area contributed by atoms with Gasteiger partial charge in [0.2, 0.25) is 0 Å². The van der Waals surface area contributed by atoms with Crippen LogP contribution in [-0.4, -0.2) is 25.2 Å². The molecule has 94 valence electrons. The van der Waals surface area contributed by atoms with Crippen molar-refractivity contribution in [1.82, 2.24) is 4.98 Å². The number of methoxy groups -OCH3 is 2. The third-order valence-corrected chi connectivity index (χ3v) is 1.96. The summed E-state index contributed by atoms with van der Waals surface area (Å²) < 4.78 is 46.6. The van der Waals surface area contributed by atoms with E-state index >= 15 is 0 Å². The van der Waals surface area contributed by atoms with E-state index in [2.05, 4.69) is 14.5 Å². The van der Waals surface area contributed by atoms with Crippen LogP contribution in [0, 0.1) is 0 Å². The molecule has 17 heavy (non-hydrogen) atoms. The molecule has 7 heteroatoms. The minimum absolute atomic E-state index is 0.0232. The van der Waals surface area contributed by atoms with E-state index in [1.807, 2.05) is 0 Å². The lowest BCUT2D eigenvalue weighted by atomic mass is 10.2. The van der Waals surface area contributed by atoms with Gasteiger partial charge in [-0.1, -0.05) is 0 Å². The number of pyridine rings is 1. The van der Waals surface area contributed by atoms with Crippen LogP contribution in [0.2, 0.25) is 0 Å². The summed E-state index contributed by atoms with van der Waals surface area (Å²) in [5.41, 5.74) is -1.17. The first-order chi connectivity index (χ1) is 7.88. The molecule has 4 nitrogen and oxygen atoms in total. The van der Waals surface area contributed by atoms with E-state index in [-0.39, 0.29) is 17.9 Å². The van der Waals surface area contributed by atoms with Gasteiger partial charge in [0.05, 0.1) is 26.3 Å². The maximum Gasteiger partial charge on any atom is 0.437 e. The van der Waals surface area contributed by atoms with Gasteiger partial charge in [-0.2, -0.15) is 13.2 Å². The van der Waals surface area contributed by atoms with Crippen LogP contribution in [0.15, 0.2) is 12.1 Å². The summed E-state index contributed by atoms with van der Waals surface area (Å²) >= 11 is 0. The molecule has 1 aromatic rings. The lowest BCUT2D eigenvalue weighted by molar-refractivity contribution is -0.143. The number of carbonyl (C=O) groups excluding carboxylic acids is 1. The molecule has 0 aliphatic carbocycles. The summed E-state index contributed by atoms with van der Waals surface area (Å²) in [6, 6.07) is 2.40. The van der Waals surface area contributed by atoms with Crippen LogP contribution in [-0.2, 0) is 22.1 Å². The molecule has 0 amide bonds. The SMILES string of the molecule is COC(=O)Cc1ccc(OC)c(C(F)(F)F)n1. The van der Waals surface area contributed by atoms with Crippen molar-refractivity contribution in [2.24, 2.45) is 0 Å². The normalized spacial score (nSPS) is 11.1. The van der Waals surface area contributed by atoms with Crippen molar-refractivity contribution in [2.45, 2.75) is 12.6 Å². The van der Waals surface area contributed by atoms with Gasteiger partial charge >= 0.3 is 12.1 Å². The third kappa shape index (κ3) is 3.33. The van der Waals surface area contributed by atoms with E-state index in [1.165, 1.54) is 6.07 Å². The maximum atomic E-state index is 12.6. The second-order valence-corrected chi connectivity index (χ2v) is 3.10. The van der Waals surface area contributed by atoms with Crippen LogP contribution < -0.4 is 4.74 Å². The molecule has 0 N–H and O–H groups in total. The number of aromatic nitrogens is 1. The molecule has 0 aliphatic heterocycles. The minimum Gasteiger partial charge on any atom is -0.494 e. The number of esters is 1. The molecule has 0 saturated heterocycles. The van der Waals surface area contributed by atoms with Gasteiger partial charge < -0.3 is 9.47 Å². The zero-order valence-electron chi connectivity index (χ0n) is 9.17. The lowest BCUT2D eigenvalue weighted by Gasteiger charge is -2.11. The Bertz CT molecular complexity index is 418. The number of rotatable bonds is 3. The van der Waals surface area contributed by atoms with Crippen molar-refractivity contribution in [2.75, 3.05) is 14.2 Å². The van der Waals surface area contributed by atoms with Gasteiger partial charge in [-0.3, -0.25) is 4.79 Å². The van der Waals surface area contributed by atoms with Crippen LogP contribution in [0.1, 0.15) is 11.4 Å². The predicted molar refractivity (Wildman–Crippen MR) is 51.5 cm³/mol. The Morgan fingerprint density at radius 1 is 1.35 bits per heavy atom. The second kappa shape index (κ2) is 5.03. The summed E-state index contributed by atoms with van der Waals surface area (Å²) in [6.45, 7) is 0. The number of carbonyl (C=O) groups is 1. The standard InChI is InChI=1S/C10H10F3NO3/c1-16-7-4-3-6(5-8(15)17-2)14-9(7)10(11,12)13/h3-4H,5H2,1-2H3. The van der Waals surface area contributed by atoms with Gasteiger partial charge in [0.1, 0.15) is 5.75 Å². The molecule has 1 aromatic heterocycles. The average Bonchev–Trinajstić information content (AvgIpc) is 2.27. The Hall–Kier alpha value is -1.79. The Labute approximate surface area is 95.4 Å². The van der Waals surface area contributed by atoms with Gasteiger partial charge in [-0.05, 0) is 12.1 Å². The lowest BCUT2D eigenvalue weighted by Crippen LogP contribution is -2.13. The summed E-state index contributed by atoms with van der Waals surface area (Å²) in [4.78, 5) is 14.3. The number of alkyl halides is 3. The van der Waals surface area contributed by atoms with Crippen molar-refractivity contribution < 1.29 is 27.4 Å². The monoisotopic (exact) mass is 249 g/mol. The molecule has 0 fully saturated rings. The largest absolute Gasteiger partial charge is 0.494 e. The second-order valence-electron chi connectivity index (χ2n) is 3.10. The first-order valence-electron chi connectivity index (χ1n) is 4.56. The van der Waals surface area contributed by atoms with E-state index in [0.29, 0.717) is 0 Å². The summed E-state index contributed by atoms with van der Waals surface area (Å²) in [5, 5.41) is 0. The zero-order valence-corrected chi connectivity index (χ0v) is 9.17. The van der Waals surface area contributed by atoms with Gasteiger partial charge in [0.15, 0.2) is 5.69 Å². The van der Waals surface area contributed by atoms with Crippen molar-refractivity contribution in [1.29, 1.82) is 0 Å². The van der Waals surface area contributed by atoms with Crippen molar-refractivity contribution in [3.8, 4) is 5.75 Å². The molecule has 0 saturated carbocycles. The Kier molecular flexibility index (Phi) is 3.93. The molecular weight excluding hydrogens is 239 g/mol. The Morgan fingerprint density at radius 2 is 2.00 bits per heavy atom. The quantitative estimate of drug-likeness (QED) is 0.767. The maximum absolute atomic E-state index is 12.6. The molecule has 0 spiro atoms. The number of hydrogen-bond donors (Lipinski definition) is 0. The minimum atomic E-state index is -4.63. The molecular formula is C10H10F3NO3. The van der Waals surface area contributed by atoms with Gasteiger partial charge in [-0.15, -0.1) is 0 Å². The zero-order chi connectivity index (χ0) is 13.1. The highest BCUT2D eigenvalue weighted by Gasteiger charge is 2.36. The molecule has 0 bridgehead atoms. The van der Waals surface area contributed by atoms with Crippen LogP contribution in [0.4, 0.5) is 13.2 Å². The number of nitrogens with zero attached hydrogens (tertiary/aromatic N) is 1. The average molecular weight is 249 g/mol. The molecule has 1 rings (SSSR count). The molecule has 0 unspecified atom stereocenters. The number of halogens is 3. The molecule has 0 aliphatic rings. The van der Waals surface area contributed by atoms with E-state index < -0.39 is 17.8 Å². The molecule has 0 aromatic carbocycles. The topological polar surface area (TPSA) is 48.4 Å². The van der Waals surface area contributed by atoms with E-state index in [0.717, 1.165) is 20.3 Å². The fourth-order valence-corrected chi connectivity index (χ4v) is 1.17. The first-order valence-corrected chi connectivity index (χ1v) is 4.56. The molecule has 0 radical (unpaired) electrons. The van der Waals surface area contributed by atoms with E-state index in [4.69, 9.17) is 0 Å². The third-order valence-electron chi connectivity index (χ3n) is 1.96. The van der Waals surface area contributed by atoms with Crippen molar-refractivity contribution in [3.63, 3.8) is 0 Å². The van der Waals surface area contributed by atoms with Crippen LogP contribution in [0.25, 0.3) is 0 Å². The predicted octanol–water partition coefficient (Wildman–Crippen LogP) is 1.82. The van der Waals surface area contributed by atoms with Crippen LogP contribution in [0.5, 0.6) is 5.75 Å². The summed E-state index contributed by atoms with van der Waals surface area (Å²) in [5.74, 6) is -1.04. The first kappa shape index (κ1) is 13.3. The van der Waals surface area contributed by atoms with Gasteiger partial charge in [-0.25, -0.2) is 4.98 Å². The Balaban J connectivity index is 3.09. The van der Waals surface area contributed by atoms with Crippen molar-refractivity contribution in [3.05, 3.63) is 23.5 Å². The smallest absolute Gasteiger partial charge is 0.437 e. The molecule has 0 atom stereocenters. The van der Waals surface area contributed by atoms with Gasteiger partial charge in [0, 0.05) is 0 Å². The fourth-order valence-electron chi connectivity index (χ4n) is 1.17. The number of ether oxygens (including phenoxy) is 2. The fraction of sp³-hybridized carbons (Fsp3) is 0.400. The summed E-state index contributed by atoms with van der Waals surface area (Å²) in [6.07, 6.45) is -4.94. The summed E-state index contributed by atoms with van der Waals surface area (Å²) in [7, 11) is 2.27. The van der Waals surface area contributed by atoms with Gasteiger partial charge in [0.25, 0.3) is 0 Å². The van der Waals surface area contributed by atoms with E-state index in [1.54, 1.807) is 0 Å². The highest BCUT2D eigenvalue weighted by molar-refractivity contribution is 5.71. The van der Waals surface area contributed by atoms with Crippen molar-refractivity contribution >= 4 is 5.97 Å². The molecule has 1 heterocycles. The number of hydrogen-bond acceptors (Lipinski definition) is 4.